The van der Waals surface area contributed by atoms with Crippen LogP contribution >= 0.6 is 11.3 Å². The molecule has 0 aliphatic rings. The second-order valence-electron chi connectivity index (χ2n) is 7.22. The van der Waals surface area contributed by atoms with Crippen molar-refractivity contribution in [3.05, 3.63) is 99.7 Å². The van der Waals surface area contributed by atoms with Gasteiger partial charge in [-0.2, -0.15) is 4.99 Å². The Balaban J connectivity index is 1.55. The van der Waals surface area contributed by atoms with Crippen molar-refractivity contribution in [2.24, 2.45) is 4.99 Å². The van der Waals surface area contributed by atoms with E-state index >= 15 is 0 Å². The summed E-state index contributed by atoms with van der Waals surface area (Å²) in [7, 11) is 3.05. The van der Waals surface area contributed by atoms with Gasteiger partial charge in [0.05, 0.1) is 33.6 Å². The van der Waals surface area contributed by atoms with Gasteiger partial charge in [-0.25, -0.2) is 0 Å². The molecule has 0 aliphatic heterocycles. The highest BCUT2D eigenvalue weighted by Crippen LogP contribution is 2.27. The molecule has 0 bridgehead atoms. The molecule has 0 aliphatic carbocycles. The summed E-state index contributed by atoms with van der Waals surface area (Å²) >= 11 is 1.34. The Hall–Kier alpha value is -4.11. The normalized spacial score (nSPS) is 11.3. The molecular weight excluding hydrogens is 454 g/mol. The minimum absolute atomic E-state index is 0.206. The van der Waals surface area contributed by atoms with E-state index in [1.165, 1.54) is 25.6 Å². The molecule has 4 rings (SSSR count). The molecule has 0 spiro atoms. The van der Waals surface area contributed by atoms with Crippen molar-refractivity contribution < 1.29 is 23.5 Å². The van der Waals surface area contributed by atoms with Gasteiger partial charge in [0.2, 0.25) is 0 Å². The third kappa shape index (κ3) is 5.26. The fourth-order valence-corrected chi connectivity index (χ4v) is 4.09. The molecule has 1 N–H and O–H groups in total. The maximum absolute atomic E-state index is 12.8. The van der Waals surface area contributed by atoms with Gasteiger partial charge >= 0.3 is 0 Å². The number of thiazole rings is 1. The molecule has 0 atom stereocenters. The van der Waals surface area contributed by atoms with E-state index in [1.54, 1.807) is 42.7 Å². The van der Waals surface area contributed by atoms with Crippen LogP contribution in [0.1, 0.15) is 32.0 Å². The molecule has 8 nitrogen and oxygen atoms in total. The van der Waals surface area contributed by atoms with Gasteiger partial charge in [0.25, 0.3) is 11.8 Å². The van der Waals surface area contributed by atoms with Gasteiger partial charge in [0.1, 0.15) is 5.76 Å². The molecule has 34 heavy (non-hydrogen) atoms. The molecule has 2 amide bonds. The lowest BCUT2D eigenvalue weighted by Gasteiger charge is -2.10. The number of amides is 2. The van der Waals surface area contributed by atoms with Crippen LogP contribution in [0.2, 0.25) is 0 Å². The number of carbonyl (C=O) groups is 2. The van der Waals surface area contributed by atoms with E-state index in [0.29, 0.717) is 46.3 Å². The van der Waals surface area contributed by atoms with Crippen molar-refractivity contribution in [2.75, 3.05) is 14.2 Å². The molecule has 2 heterocycles. The first kappa shape index (κ1) is 23.1. The van der Waals surface area contributed by atoms with Crippen molar-refractivity contribution in [2.45, 2.75) is 13.1 Å². The lowest BCUT2D eigenvalue weighted by molar-refractivity contribution is 0.0945. The summed E-state index contributed by atoms with van der Waals surface area (Å²) in [6.45, 7) is 0.679. The average molecular weight is 478 g/mol. The van der Waals surface area contributed by atoms with Crippen LogP contribution in [-0.2, 0) is 13.1 Å². The minimum Gasteiger partial charge on any atom is -0.493 e. The number of nitrogens with one attached hydrogen (secondary N) is 1. The number of ether oxygens (including phenoxy) is 2. The molecule has 0 saturated heterocycles. The zero-order valence-electron chi connectivity index (χ0n) is 18.7. The fourth-order valence-electron chi connectivity index (χ4n) is 3.37. The summed E-state index contributed by atoms with van der Waals surface area (Å²) < 4.78 is 17.6. The first-order valence-corrected chi connectivity index (χ1v) is 11.3. The van der Waals surface area contributed by atoms with Gasteiger partial charge in [-0.1, -0.05) is 18.2 Å². The lowest BCUT2D eigenvalue weighted by atomic mass is 10.1. The van der Waals surface area contributed by atoms with E-state index in [0.717, 1.165) is 5.56 Å². The number of hydrogen-bond donors (Lipinski definition) is 1. The first-order chi connectivity index (χ1) is 16.6. The Morgan fingerprint density at radius 2 is 1.88 bits per heavy atom. The number of aromatic nitrogens is 1. The maximum atomic E-state index is 12.8. The molecule has 0 unspecified atom stereocenters. The summed E-state index contributed by atoms with van der Waals surface area (Å²) in [6, 6.07) is 15.8. The third-order valence-corrected chi connectivity index (χ3v) is 5.89. The second-order valence-corrected chi connectivity index (χ2v) is 8.09. The molecule has 0 fully saturated rings. The molecular formula is C25H23N3O5S. The van der Waals surface area contributed by atoms with Gasteiger partial charge in [-0.3, -0.25) is 9.59 Å². The second kappa shape index (κ2) is 10.7. The standard InChI is InChI=1S/C25H23N3O5S/c1-31-21-10-9-17(14-22(21)32-2)23(29)27-25-28(11-13-34-25)16-18-6-3-4-8-20(18)24(30)26-15-19-7-5-12-33-19/h3-14H,15-16H2,1-2H3,(H,26,30). The van der Waals surface area contributed by atoms with Crippen LogP contribution in [0, 0.1) is 0 Å². The SMILES string of the molecule is COc1ccc(C(=O)N=c2sccn2Cc2ccccc2C(=O)NCc2ccco2)cc1OC. The van der Waals surface area contributed by atoms with Crippen LogP contribution in [0.15, 0.2) is 81.8 Å². The van der Waals surface area contributed by atoms with Crippen LogP contribution in [0.5, 0.6) is 11.5 Å². The summed E-state index contributed by atoms with van der Waals surface area (Å²) in [5, 5.41) is 4.72. The summed E-state index contributed by atoms with van der Waals surface area (Å²) in [4.78, 5) is 30.4. The zero-order chi connectivity index (χ0) is 23.9. The van der Waals surface area contributed by atoms with Crippen molar-refractivity contribution in [1.82, 2.24) is 9.88 Å². The van der Waals surface area contributed by atoms with Crippen molar-refractivity contribution >= 4 is 23.2 Å². The van der Waals surface area contributed by atoms with Crippen molar-refractivity contribution in [3.63, 3.8) is 0 Å². The molecule has 9 heteroatoms. The Labute approximate surface area is 200 Å². The van der Waals surface area contributed by atoms with E-state index in [1.807, 2.05) is 34.3 Å². The monoisotopic (exact) mass is 477 g/mol. The van der Waals surface area contributed by atoms with Crippen LogP contribution < -0.4 is 19.6 Å². The third-order valence-electron chi connectivity index (χ3n) is 5.09. The van der Waals surface area contributed by atoms with E-state index in [2.05, 4.69) is 10.3 Å². The molecule has 0 saturated carbocycles. The van der Waals surface area contributed by atoms with Gasteiger partial charge in [0.15, 0.2) is 16.3 Å². The fraction of sp³-hybridized carbons (Fsp3) is 0.160. The number of furan rings is 1. The highest BCUT2D eigenvalue weighted by molar-refractivity contribution is 7.07. The topological polar surface area (TPSA) is 95.1 Å². The van der Waals surface area contributed by atoms with Crippen LogP contribution in [0.4, 0.5) is 0 Å². The number of rotatable bonds is 8. The van der Waals surface area contributed by atoms with Crippen LogP contribution in [-0.4, -0.2) is 30.6 Å². The molecule has 0 radical (unpaired) electrons. The maximum Gasteiger partial charge on any atom is 0.279 e. The van der Waals surface area contributed by atoms with E-state index in [4.69, 9.17) is 13.9 Å². The first-order valence-electron chi connectivity index (χ1n) is 10.4. The number of hydrogen-bond acceptors (Lipinski definition) is 6. The molecule has 174 valence electrons. The summed E-state index contributed by atoms with van der Waals surface area (Å²) in [5.74, 6) is 1.06. The predicted molar refractivity (Wildman–Crippen MR) is 127 cm³/mol. The molecule has 2 aromatic carbocycles. The smallest absolute Gasteiger partial charge is 0.279 e. The van der Waals surface area contributed by atoms with Crippen LogP contribution in [0.3, 0.4) is 0 Å². The summed E-state index contributed by atoms with van der Waals surface area (Å²) in [6.07, 6.45) is 3.40. The molecule has 4 aromatic rings. The number of nitrogens with zero attached hydrogens (tertiary/aromatic N) is 2. The average Bonchev–Trinajstić information content (AvgIpc) is 3.54. The number of methoxy groups -OCH3 is 2. The van der Waals surface area contributed by atoms with Gasteiger partial charge < -0.3 is 23.8 Å². The Kier molecular flexibility index (Phi) is 7.24. The van der Waals surface area contributed by atoms with E-state index in [9.17, 15) is 9.59 Å². The number of carbonyl (C=O) groups excluding carboxylic acids is 2. The van der Waals surface area contributed by atoms with Crippen molar-refractivity contribution in [1.29, 1.82) is 0 Å². The zero-order valence-corrected chi connectivity index (χ0v) is 19.5. The largest absolute Gasteiger partial charge is 0.493 e. The van der Waals surface area contributed by atoms with Gasteiger partial charge in [-0.15, -0.1) is 11.3 Å². The Bertz CT molecular complexity index is 1350. The highest BCUT2D eigenvalue weighted by Gasteiger charge is 2.14. The Morgan fingerprint density at radius 3 is 2.65 bits per heavy atom. The van der Waals surface area contributed by atoms with Gasteiger partial charge in [0, 0.05) is 22.7 Å². The lowest BCUT2D eigenvalue weighted by Crippen LogP contribution is -2.25. The highest BCUT2D eigenvalue weighted by atomic mass is 32.1. The van der Waals surface area contributed by atoms with Crippen LogP contribution in [0.25, 0.3) is 0 Å². The summed E-state index contributed by atoms with van der Waals surface area (Å²) in [5.41, 5.74) is 1.73. The minimum atomic E-state index is -0.401. The van der Waals surface area contributed by atoms with E-state index < -0.39 is 5.91 Å². The predicted octanol–water partition coefficient (Wildman–Crippen LogP) is 3.88. The molecule has 2 aromatic heterocycles. The van der Waals surface area contributed by atoms with E-state index in [-0.39, 0.29) is 5.91 Å². The van der Waals surface area contributed by atoms with Gasteiger partial charge in [-0.05, 0) is 42.0 Å². The Morgan fingerprint density at radius 1 is 1.06 bits per heavy atom. The quantitative estimate of drug-likeness (QED) is 0.416. The van der Waals surface area contributed by atoms with Crippen molar-refractivity contribution in [3.8, 4) is 11.5 Å². The number of benzene rings is 2.